The number of hydrogen-bond donors (Lipinski definition) is 2. The number of rotatable bonds is 4. The van der Waals surface area contributed by atoms with Gasteiger partial charge in [0.15, 0.2) is 0 Å². The van der Waals surface area contributed by atoms with Crippen LogP contribution < -0.4 is 0 Å². The van der Waals surface area contributed by atoms with Crippen LogP contribution in [0.2, 0.25) is 0 Å². The first kappa shape index (κ1) is 11.1. The van der Waals surface area contributed by atoms with Crippen molar-refractivity contribution in [1.82, 2.24) is 0 Å². The molecule has 0 aromatic rings. The molecule has 68 valence electrons. The molecule has 0 aliphatic carbocycles. The Hall–Kier alpha value is 0.0649. The van der Waals surface area contributed by atoms with Gasteiger partial charge in [0.05, 0.1) is 0 Å². The van der Waals surface area contributed by atoms with E-state index in [0.717, 1.165) is 0 Å². The molecule has 11 heavy (non-hydrogen) atoms. The van der Waals surface area contributed by atoms with Gasteiger partial charge in [-0.05, 0) is 0 Å². The molecule has 0 aliphatic rings. The fourth-order valence-electron chi connectivity index (χ4n) is 0.0815. The summed E-state index contributed by atoms with van der Waals surface area (Å²) in [5.41, 5.74) is 0. The summed E-state index contributed by atoms with van der Waals surface area (Å²) < 4.78 is 60.1. The van der Waals surface area contributed by atoms with Gasteiger partial charge in [-0.1, -0.05) is 0 Å². The fraction of sp³-hybridized carbons (Fsp3) is 0. The van der Waals surface area contributed by atoms with Crippen LogP contribution in [0.5, 0.6) is 0 Å². The van der Waals surface area contributed by atoms with Crippen molar-refractivity contribution >= 4 is 0 Å². The van der Waals surface area contributed by atoms with E-state index in [4.69, 9.17) is 8.32 Å². The Bertz CT molecular complexity index is 256. The summed E-state index contributed by atoms with van der Waals surface area (Å²) in [4.78, 5) is 0. The topological polar surface area (TPSA) is 136 Å². The molecule has 0 saturated carbocycles. The minimum atomic E-state index is -5.63. The van der Waals surface area contributed by atoms with Gasteiger partial charge in [-0.25, -0.2) is 0 Å². The maximum absolute atomic E-state index is 9.65. The summed E-state index contributed by atoms with van der Waals surface area (Å²) in [5.74, 6) is 0. The van der Waals surface area contributed by atoms with Crippen molar-refractivity contribution in [2.45, 2.75) is 0 Å². The summed E-state index contributed by atoms with van der Waals surface area (Å²) in [6.07, 6.45) is 0. The van der Waals surface area contributed by atoms with Crippen LogP contribution in [0.1, 0.15) is 0 Å². The van der Waals surface area contributed by atoms with Crippen molar-refractivity contribution in [3.63, 3.8) is 0 Å². The van der Waals surface area contributed by atoms with Gasteiger partial charge in [0.1, 0.15) is 0 Å². The fourth-order valence-corrected chi connectivity index (χ4v) is 0.482. The zero-order valence-electron chi connectivity index (χ0n) is 4.57. The first-order valence-corrected chi connectivity index (χ1v) is 5.96. The van der Waals surface area contributed by atoms with Crippen molar-refractivity contribution in [2.24, 2.45) is 0 Å². The van der Waals surface area contributed by atoms with Gasteiger partial charge in [-0.15, -0.1) is 0 Å². The molecule has 0 bridgehead atoms. The Morgan fingerprint density at radius 2 is 1.09 bits per heavy atom. The average Bonchev–Trinajstić information content (AvgIpc) is 1.55. The summed E-state index contributed by atoms with van der Waals surface area (Å²) in [6, 6.07) is 0. The van der Waals surface area contributed by atoms with Crippen LogP contribution in [-0.2, 0) is 55.4 Å². The van der Waals surface area contributed by atoms with Crippen LogP contribution in [0, 0.1) is 0 Å². The van der Waals surface area contributed by atoms with Crippen molar-refractivity contribution in [1.29, 1.82) is 0 Å². The standard InChI is InChI=1S/2Cr.H2O3.2H2O.4O/c;;1-3-2;;;;;;/h;;1-2H;2*1H2;;;;/q2*+2;;;;;;;/p-4. The molecule has 0 aliphatic heterocycles. The molecular formula is H2Cr2O9. The molecule has 0 spiro atoms. The van der Waals surface area contributed by atoms with E-state index in [1.54, 1.807) is 0 Å². The van der Waals surface area contributed by atoms with E-state index >= 15 is 0 Å². The molecule has 0 radical (unpaired) electrons. The first-order valence-electron chi connectivity index (χ1n) is 1.70. The van der Waals surface area contributed by atoms with E-state index < -0.39 is 27.2 Å². The predicted molar refractivity (Wildman–Crippen MR) is 10.4 cm³/mol. The Labute approximate surface area is 64.1 Å². The van der Waals surface area contributed by atoms with Crippen LogP contribution >= 0.6 is 0 Å². The first-order chi connectivity index (χ1) is 4.71. The summed E-state index contributed by atoms with van der Waals surface area (Å²) in [7, 11) is 0. The normalized spacial score (nSPS) is 13.3. The van der Waals surface area contributed by atoms with Gasteiger partial charge in [0, 0.05) is 0 Å². The van der Waals surface area contributed by atoms with Crippen LogP contribution in [0.3, 0.4) is 0 Å². The van der Waals surface area contributed by atoms with Gasteiger partial charge in [0.25, 0.3) is 0 Å². The molecule has 2 N–H and O–H groups in total. The third-order valence-electron chi connectivity index (χ3n) is 0.228. The maximum atomic E-state index is 9.65. The molecule has 11 heteroatoms. The Morgan fingerprint density at radius 3 is 1.27 bits per heavy atom. The van der Waals surface area contributed by atoms with Gasteiger partial charge in [-0.2, -0.15) is 0 Å². The zero-order chi connectivity index (χ0) is 9.12. The van der Waals surface area contributed by atoms with Crippen molar-refractivity contribution in [2.75, 3.05) is 0 Å². The second-order valence-electron chi connectivity index (χ2n) is 1.06. The van der Waals surface area contributed by atoms with E-state index in [-0.39, 0.29) is 0 Å². The molecule has 0 heterocycles. The quantitative estimate of drug-likeness (QED) is 0.437. The molecule has 0 rings (SSSR count). The molecule has 0 amide bonds. The van der Waals surface area contributed by atoms with E-state index in [0.29, 0.717) is 0 Å². The van der Waals surface area contributed by atoms with Crippen molar-refractivity contribution in [3.05, 3.63) is 0 Å². The van der Waals surface area contributed by atoms with E-state index in [2.05, 4.69) is 12.9 Å². The Balaban J connectivity index is 3.79. The summed E-state index contributed by atoms with van der Waals surface area (Å²) in [6.45, 7) is 0. The Kier molecular flexibility index (Phi) is 3.67. The van der Waals surface area contributed by atoms with Crippen LogP contribution in [-0.4, -0.2) is 8.32 Å². The second-order valence-corrected chi connectivity index (χ2v) is 4.16. The van der Waals surface area contributed by atoms with Gasteiger partial charge < -0.3 is 0 Å². The summed E-state index contributed by atoms with van der Waals surface area (Å²) >= 11 is -11.3. The minimum absolute atomic E-state index is 2.95. The molecule has 0 saturated heterocycles. The number of hydrogen-bond acceptors (Lipinski definition) is 7. The SMILES string of the molecule is [O]=[Cr](=[O])([OH])[O]O[O][Cr](=[O])(=[O])[OH]. The molecular weight excluding hydrogens is 248 g/mol. The predicted octanol–water partition coefficient (Wildman–Crippen LogP) is -1.80. The zero-order valence-corrected chi connectivity index (χ0v) is 7.12. The monoisotopic (exact) mass is 250 g/mol. The summed E-state index contributed by atoms with van der Waals surface area (Å²) in [5, 5.41) is 2.95. The van der Waals surface area contributed by atoms with Gasteiger partial charge >= 0.3 is 63.7 Å². The molecule has 0 atom stereocenters. The van der Waals surface area contributed by atoms with Gasteiger partial charge in [0.2, 0.25) is 0 Å². The van der Waals surface area contributed by atoms with Gasteiger partial charge in [-0.3, -0.25) is 0 Å². The Morgan fingerprint density at radius 1 is 0.818 bits per heavy atom. The third-order valence-corrected chi connectivity index (χ3v) is 0.938. The van der Waals surface area contributed by atoms with Crippen LogP contribution in [0.4, 0.5) is 0 Å². The molecule has 0 aromatic carbocycles. The third kappa shape index (κ3) is 10.1. The van der Waals surface area contributed by atoms with Crippen LogP contribution in [0.15, 0.2) is 0 Å². The molecule has 0 aromatic heterocycles. The average molecular weight is 250 g/mol. The molecule has 0 unspecified atom stereocenters. The van der Waals surface area contributed by atoms with E-state index in [1.807, 2.05) is 0 Å². The second kappa shape index (κ2) is 3.64. The van der Waals surface area contributed by atoms with Crippen molar-refractivity contribution in [3.8, 4) is 0 Å². The van der Waals surface area contributed by atoms with Crippen LogP contribution in [0.25, 0.3) is 0 Å². The van der Waals surface area contributed by atoms with E-state index in [9.17, 15) is 15.2 Å². The molecule has 0 fully saturated rings. The molecule has 9 nitrogen and oxygen atoms in total. The van der Waals surface area contributed by atoms with E-state index in [1.165, 1.54) is 0 Å². The van der Waals surface area contributed by atoms with Crippen molar-refractivity contribution < 1.29 is 63.7 Å².